The Morgan fingerprint density at radius 2 is 2.07 bits per heavy atom. The first-order valence-corrected chi connectivity index (χ1v) is 6.18. The summed E-state index contributed by atoms with van der Waals surface area (Å²) in [6.45, 7) is 1.49. The number of nitrogens with zero attached hydrogens (tertiary/aromatic N) is 2. The third kappa shape index (κ3) is 2.75. The second kappa shape index (κ2) is 4.70. The summed E-state index contributed by atoms with van der Waals surface area (Å²) < 4.78 is 0. The van der Waals surface area contributed by atoms with Gasteiger partial charge in [0.25, 0.3) is 0 Å². The molecule has 1 amide bonds. The van der Waals surface area contributed by atoms with Gasteiger partial charge < -0.3 is 5.32 Å². The first kappa shape index (κ1) is 10.5. The van der Waals surface area contributed by atoms with Gasteiger partial charge in [0.1, 0.15) is 5.01 Å². The van der Waals surface area contributed by atoms with Crippen LogP contribution in [0.2, 0.25) is 0 Å². The molecule has 1 aromatic heterocycles. The smallest absolute Gasteiger partial charge is 0.223 e. The van der Waals surface area contributed by atoms with Crippen LogP contribution in [-0.4, -0.2) is 16.1 Å². The van der Waals surface area contributed by atoms with Crippen LogP contribution in [0.5, 0.6) is 0 Å². The molecule has 1 fully saturated rings. The molecule has 0 atom stereocenters. The maximum absolute atomic E-state index is 10.8. The lowest BCUT2D eigenvalue weighted by Crippen LogP contribution is -2.04. The molecule has 0 saturated heterocycles. The van der Waals surface area contributed by atoms with Gasteiger partial charge in [0.2, 0.25) is 11.0 Å². The lowest BCUT2D eigenvalue weighted by Gasteiger charge is -2.18. The van der Waals surface area contributed by atoms with E-state index in [0.29, 0.717) is 11.0 Å². The van der Waals surface area contributed by atoms with Crippen molar-refractivity contribution in [3.8, 4) is 0 Å². The lowest BCUT2D eigenvalue weighted by atomic mass is 9.90. The zero-order valence-electron chi connectivity index (χ0n) is 8.82. The van der Waals surface area contributed by atoms with E-state index in [1.165, 1.54) is 50.4 Å². The molecule has 0 radical (unpaired) electrons. The summed E-state index contributed by atoms with van der Waals surface area (Å²) in [5, 5.41) is 12.5. The summed E-state index contributed by atoms with van der Waals surface area (Å²) in [6.07, 6.45) is 6.36. The monoisotopic (exact) mass is 225 g/mol. The van der Waals surface area contributed by atoms with Crippen LogP contribution in [0.4, 0.5) is 5.13 Å². The van der Waals surface area contributed by atoms with Crippen LogP contribution in [0, 0.1) is 0 Å². The van der Waals surface area contributed by atoms with E-state index in [0.717, 1.165) is 5.01 Å². The number of carbonyl (C=O) groups excluding carboxylic acids is 1. The van der Waals surface area contributed by atoms with E-state index >= 15 is 0 Å². The first-order valence-electron chi connectivity index (χ1n) is 5.36. The van der Waals surface area contributed by atoms with Gasteiger partial charge in [0.15, 0.2) is 0 Å². The molecular weight excluding hydrogens is 210 g/mol. The maximum atomic E-state index is 10.8. The van der Waals surface area contributed by atoms with Crippen molar-refractivity contribution >= 4 is 22.4 Å². The number of rotatable bonds is 2. The van der Waals surface area contributed by atoms with Crippen molar-refractivity contribution in [2.75, 3.05) is 5.32 Å². The van der Waals surface area contributed by atoms with E-state index in [2.05, 4.69) is 15.5 Å². The molecule has 0 aliphatic heterocycles. The quantitative estimate of drug-likeness (QED) is 0.841. The molecule has 1 aliphatic carbocycles. The average molecular weight is 225 g/mol. The molecule has 5 heteroatoms. The zero-order chi connectivity index (χ0) is 10.7. The Balaban J connectivity index is 2.02. The Morgan fingerprint density at radius 3 is 2.73 bits per heavy atom. The van der Waals surface area contributed by atoms with Gasteiger partial charge in [-0.3, -0.25) is 4.79 Å². The molecule has 1 aliphatic rings. The zero-order valence-corrected chi connectivity index (χ0v) is 9.64. The van der Waals surface area contributed by atoms with E-state index < -0.39 is 0 Å². The number of aromatic nitrogens is 2. The Kier molecular flexibility index (Phi) is 3.30. The minimum atomic E-state index is -0.0821. The van der Waals surface area contributed by atoms with Crippen LogP contribution in [0.3, 0.4) is 0 Å². The van der Waals surface area contributed by atoms with Crippen molar-refractivity contribution in [2.24, 2.45) is 0 Å². The largest absolute Gasteiger partial charge is 0.301 e. The number of hydrogen-bond acceptors (Lipinski definition) is 4. The van der Waals surface area contributed by atoms with Crippen molar-refractivity contribution in [3.63, 3.8) is 0 Å². The van der Waals surface area contributed by atoms with Crippen LogP contribution in [0.25, 0.3) is 0 Å². The second-order valence-corrected chi connectivity index (χ2v) is 4.97. The predicted molar refractivity (Wildman–Crippen MR) is 60.0 cm³/mol. The van der Waals surface area contributed by atoms with Gasteiger partial charge in [0.05, 0.1) is 0 Å². The van der Waals surface area contributed by atoms with E-state index in [1.807, 2.05) is 0 Å². The van der Waals surface area contributed by atoms with Gasteiger partial charge >= 0.3 is 0 Å². The summed E-state index contributed by atoms with van der Waals surface area (Å²) in [5.74, 6) is 0.486. The van der Waals surface area contributed by atoms with Crippen LogP contribution >= 0.6 is 11.3 Å². The van der Waals surface area contributed by atoms with Gasteiger partial charge in [-0.25, -0.2) is 0 Å². The molecule has 15 heavy (non-hydrogen) atoms. The van der Waals surface area contributed by atoms with Crippen molar-refractivity contribution in [2.45, 2.75) is 44.9 Å². The predicted octanol–water partition coefficient (Wildman–Crippen LogP) is 2.54. The number of anilines is 1. The fourth-order valence-electron chi connectivity index (χ4n) is 1.95. The fraction of sp³-hybridized carbons (Fsp3) is 0.700. The molecule has 0 unspecified atom stereocenters. The van der Waals surface area contributed by atoms with Gasteiger partial charge in [-0.05, 0) is 12.8 Å². The molecule has 0 bridgehead atoms. The lowest BCUT2D eigenvalue weighted by molar-refractivity contribution is -0.114. The molecular formula is C10H15N3OS. The number of amides is 1. The van der Waals surface area contributed by atoms with Crippen molar-refractivity contribution in [1.82, 2.24) is 10.2 Å². The topological polar surface area (TPSA) is 54.9 Å². The van der Waals surface area contributed by atoms with Crippen molar-refractivity contribution in [3.05, 3.63) is 5.01 Å². The first-order chi connectivity index (χ1) is 7.25. The highest BCUT2D eigenvalue weighted by Crippen LogP contribution is 2.34. The van der Waals surface area contributed by atoms with Gasteiger partial charge in [-0.1, -0.05) is 30.6 Å². The Labute approximate surface area is 93.1 Å². The molecule has 1 aromatic rings. The molecule has 82 valence electrons. The minimum absolute atomic E-state index is 0.0821. The molecule has 1 saturated carbocycles. The van der Waals surface area contributed by atoms with E-state index in [1.54, 1.807) is 0 Å². The number of nitrogens with one attached hydrogen (secondary N) is 1. The van der Waals surface area contributed by atoms with Crippen LogP contribution in [-0.2, 0) is 4.79 Å². The molecule has 1 N–H and O–H groups in total. The van der Waals surface area contributed by atoms with Crippen LogP contribution < -0.4 is 5.32 Å². The minimum Gasteiger partial charge on any atom is -0.301 e. The summed E-state index contributed by atoms with van der Waals surface area (Å²) in [6, 6.07) is 0. The third-order valence-electron chi connectivity index (χ3n) is 2.68. The van der Waals surface area contributed by atoms with E-state index in [9.17, 15) is 4.79 Å². The number of carbonyl (C=O) groups is 1. The Bertz CT molecular complexity index is 344. The van der Waals surface area contributed by atoms with Gasteiger partial charge in [0, 0.05) is 12.8 Å². The third-order valence-corrected chi connectivity index (χ3v) is 3.68. The van der Waals surface area contributed by atoms with Crippen molar-refractivity contribution in [1.29, 1.82) is 0 Å². The highest BCUT2D eigenvalue weighted by Gasteiger charge is 2.19. The number of hydrogen-bond donors (Lipinski definition) is 1. The molecule has 0 aromatic carbocycles. The Hall–Kier alpha value is -0.970. The average Bonchev–Trinajstić information content (AvgIpc) is 2.67. The van der Waals surface area contributed by atoms with E-state index in [-0.39, 0.29) is 5.91 Å². The summed E-state index contributed by atoms with van der Waals surface area (Å²) in [7, 11) is 0. The van der Waals surface area contributed by atoms with Crippen LogP contribution in [0.1, 0.15) is 50.0 Å². The highest BCUT2D eigenvalue weighted by molar-refractivity contribution is 7.15. The van der Waals surface area contributed by atoms with Gasteiger partial charge in [-0.2, -0.15) is 0 Å². The fourth-order valence-corrected chi connectivity index (χ4v) is 2.91. The standard InChI is InChI=1S/C10H15N3OS/c1-7(14)11-10-13-12-9(15-10)8-5-3-2-4-6-8/h8H,2-6H2,1H3,(H,11,13,14). The van der Waals surface area contributed by atoms with Gasteiger partial charge in [-0.15, -0.1) is 10.2 Å². The van der Waals surface area contributed by atoms with E-state index in [4.69, 9.17) is 0 Å². The van der Waals surface area contributed by atoms with Crippen LogP contribution in [0.15, 0.2) is 0 Å². The normalized spacial score (nSPS) is 17.7. The molecule has 2 rings (SSSR count). The summed E-state index contributed by atoms with van der Waals surface area (Å²) in [4.78, 5) is 10.8. The molecule has 0 spiro atoms. The maximum Gasteiger partial charge on any atom is 0.223 e. The van der Waals surface area contributed by atoms with Crippen molar-refractivity contribution < 1.29 is 4.79 Å². The highest BCUT2D eigenvalue weighted by atomic mass is 32.1. The summed E-state index contributed by atoms with van der Waals surface area (Å²) >= 11 is 1.51. The SMILES string of the molecule is CC(=O)Nc1nnc(C2CCCCC2)s1. The second-order valence-electron chi connectivity index (χ2n) is 3.96. The molecule has 1 heterocycles. The Morgan fingerprint density at radius 1 is 1.33 bits per heavy atom. The summed E-state index contributed by atoms with van der Waals surface area (Å²) in [5.41, 5.74) is 0. The molecule has 4 nitrogen and oxygen atoms in total.